The fourth-order valence-corrected chi connectivity index (χ4v) is 2.63. The fraction of sp³-hybridized carbons (Fsp3) is 0.389. The monoisotopic (exact) mass is 382 g/mol. The van der Waals surface area contributed by atoms with Crippen LogP contribution in [0.25, 0.3) is 0 Å². The topological polar surface area (TPSA) is 102 Å². The Morgan fingerprint density at radius 1 is 1.26 bits per heavy atom. The molecule has 0 bridgehead atoms. The van der Waals surface area contributed by atoms with E-state index in [9.17, 15) is 23.1 Å². The Hall–Kier alpha value is -2.68. The standard InChI is InChI=1S/C18H21F3N4O2/c1-9(22)14-15(24-11(3)25-16(14)26)23-10(2)17(4,27)12-5-7-13(8-6-12)18(19,20)21/h5-8,10,22,27H,1-4H3,(H2,23,24,25,26). The average Bonchev–Trinajstić information content (AvgIpc) is 2.53. The van der Waals surface area contributed by atoms with Crippen molar-refractivity contribution in [3.63, 3.8) is 0 Å². The zero-order valence-corrected chi connectivity index (χ0v) is 15.3. The third-order valence-corrected chi connectivity index (χ3v) is 4.41. The van der Waals surface area contributed by atoms with Gasteiger partial charge in [-0.25, -0.2) is 4.98 Å². The summed E-state index contributed by atoms with van der Waals surface area (Å²) in [5, 5.41) is 21.5. The van der Waals surface area contributed by atoms with Gasteiger partial charge in [-0.1, -0.05) is 12.1 Å². The molecule has 27 heavy (non-hydrogen) atoms. The maximum atomic E-state index is 12.7. The number of aromatic amines is 1. The minimum absolute atomic E-state index is 0.00683. The Morgan fingerprint density at radius 2 is 1.78 bits per heavy atom. The molecule has 2 atom stereocenters. The zero-order valence-electron chi connectivity index (χ0n) is 15.3. The molecule has 0 amide bonds. The van der Waals surface area contributed by atoms with E-state index in [1.54, 1.807) is 13.8 Å². The number of hydrogen-bond acceptors (Lipinski definition) is 5. The van der Waals surface area contributed by atoms with Gasteiger partial charge in [0.25, 0.3) is 5.56 Å². The molecule has 0 aliphatic carbocycles. The van der Waals surface area contributed by atoms with Crippen molar-refractivity contribution in [2.45, 2.75) is 45.5 Å². The van der Waals surface area contributed by atoms with E-state index in [2.05, 4.69) is 15.3 Å². The summed E-state index contributed by atoms with van der Waals surface area (Å²) in [6.07, 6.45) is -4.46. The minimum atomic E-state index is -4.46. The van der Waals surface area contributed by atoms with E-state index < -0.39 is 28.9 Å². The van der Waals surface area contributed by atoms with Gasteiger partial charge in [0.2, 0.25) is 0 Å². The maximum Gasteiger partial charge on any atom is 0.416 e. The van der Waals surface area contributed by atoms with E-state index in [-0.39, 0.29) is 22.7 Å². The normalized spacial score (nSPS) is 15.1. The summed E-state index contributed by atoms with van der Waals surface area (Å²) in [6, 6.07) is 3.50. The van der Waals surface area contributed by atoms with Crippen molar-refractivity contribution in [1.82, 2.24) is 9.97 Å². The van der Waals surface area contributed by atoms with Gasteiger partial charge < -0.3 is 20.8 Å². The predicted octanol–water partition coefficient (Wildman–Crippen LogP) is 3.19. The summed E-state index contributed by atoms with van der Waals surface area (Å²) in [5.41, 5.74) is -2.56. The molecule has 0 aliphatic heterocycles. The average molecular weight is 382 g/mol. The van der Waals surface area contributed by atoms with E-state index in [4.69, 9.17) is 5.41 Å². The number of alkyl halides is 3. The molecule has 0 saturated heterocycles. The van der Waals surface area contributed by atoms with E-state index in [1.807, 2.05) is 0 Å². The van der Waals surface area contributed by atoms with Gasteiger partial charge in [-0.3, -0.25) is 4.79 Å². The Balaban J connectivity index is 2.36. The molecular weight excluding hydrogens is 361 g/mol. The van der Waals surface area contributed by atoms with Crippen LogP contribution in [-0.2, 0) is 11.8 Å². The number of nitrogens with zero attached hydrogens (tertiary/aromatic N) is 1. The van der Waals surface area contributed by atoms with Crippen LogP contribution in [0, 0.1) is 12.3 Å². The molecule has 9 heteroatoms. The van der Waals surface area contributed by atoms with Crippen LogP contribution in [0.4, 0.5) is 19.0 Å². The summed E-state index contributed by atoms with van der Waals surface area (Å²) < 4.78 is 38.2. The number of nitrogens with one attached hydrogen (secondary N) is 3. The lowest BCUT2D eigenvalue weighted by Crippen LogP contribution is -2.41. The van der Waals surface area contributed by atoms with Gasteiger partial charge in [0, 0.05) is 5.71 Å². The number of aryl methyl sites for hydroxylation is 1. The largest absolute Gasteiger partial charge is 0.416 e. The van der Waals surface area contributed by atoms with Gasteiger partial charge >= 0.3 is 6.18 Å². The van der Waals surface area contributed by atoms with Crippen molar-refractivity contribution < 1.29 is 18.3 Å². The molecule has 1 heterocycles. The third-order valence-electron chi connectivity index (χ3n) is 4.41. The lowest BCUT2D eigenvalue weighted by Gasteiger charge is -2.32. The Bertz CT molecular complexity index is 902. The molecule has 2 unspecified atom stereocenters. The summed E-state index contributed by atoms with van der Waals surface area (Å²) in [5.74, 6) is 0.456. The SMILES string of the molecule is CC(=N)c1c(NC(C)C(C)(O)c2ccc(C(F)(F)F)cc2)nc(C)[nH]c1=O. The summed E-state index contributed by atoms with van der Waals surface area (Å²) in [7, 11) is 0. The lowest BCUT2D eigenvalue weighted by atomic mass is 9.88. The van der Waals surface area contributed by atoms with Gasteiger partial charge in [-0.05, 0) is 45.4 Å². The van der Waals surface area contributed by atoms with Crippen molar-refractivity contribution in [3.8, 4) is 0 Å². The number of hydrogen-bond donors (Lipinski definition) is 4. The number of aliphatic hydroxyl groups is 1. The van der Waals surface area contributed by atoms with Crippen LogP contribution in [0.3, 0.4) is 0 Å². The van der Waals surface area contributed by atoms with Crippen LogP contribution in [0.2, 0.25) is 0 Å². The highest BCUT2D eigenvalue weighted by molar-refractivity contribution is 6.00. The molecule has 4 N–H and O–H groups in total. The second-order valence-corrected chi connectivity index (χ2v) is 6.59. The molecule has 0 spiro atoms. The van der Waals surface area contributed by atoms with Crippen molar-refractivity contribution >= 4 is 11.5 Å². The number of rotatable bonds is 5. The molecule has 2 aromatic rings. The van der Waals surface area contributed by atoms with Crippen LogP contribution < -0.4 is 10.9 Å². The molecule has 146 valence electrons. The van der Waals surface area contributed by atoms with Crippen molar-refractivity contribution in [3.05, 3.63) is 57.1 Å². The van der Waals surface area contributed by atoms with Gasteiger partial charge in [0.15, 0.2) is 0 Å². The summed E-state index contributed by atoms with van der Waals surface area (Å²) >= 11 is 0. The molecule has 1 aromatic heterocycles. The number of H-pyrrole nitrogens is 1. The molecule has 0 fully saturated rings. The van der Waals surface area contributed by atoms with Crippen molar-refractivity contribution in [2.75, 3.05) is 5.32 Å². The van der Waals surface area contributed by atoms with Crippen LogP contribution in [0.1, 0.15) is 43.3 Å². The minimum Gasteiger partial charge on any atom is -0.383 e. The van der Waals surface area contributed by atoms with E-state index in [0.717, 1.165) is 12.1 Å². The summed E-state index contributed by atoms with van der Waals surface area (Å²) in [6.45, 7) is 6.07. The van der Waals surface area contributed by atoms with Crippen LogP contribution in [0.15, 0.2) is 29.1 Å². The van der Waals surface area contributed by atoms with Gasteiger partial charge in [0.1, 0.15) is 22.8 Å². The third kappa shape index (κ3) is 4.36. The van der Waals surface area contributed by atoms with Crippen LogP contribution in [0.5, 0.6) is 0 Å². The van der Waals surface area contributed by atoms with Gasteiger partial charge in [-0.2, -0.15) is 13.2 Å². The van der Waals surface area contributed by atoms with E-state index in [0.29, 0.717) is 5.82 Å². The fourth-order valence-electron chi connectivity index (χ4n) is 2.63. The van der Waals surface area contributed by atoms with Crippen molar-refractivity contribution in [1.29, 1.82) is 5.41 Å². The Labute approximate surface area is 154 Å². The van der Waals surface area contributed by atoms with E-state index in [1.165, 1.54) is 26.0 Å². The molecule has 2 rings (SSSR count). The number of anilines is 1. The zero-order chi connectivity index (χ0) is 20.6. The van der Waals surface area contributed by atoms with Gasteiger partial charge in [0.05, 0.1) is 11.6 Å². The smallest absolute Gasteiger partial charge is 0.383 e. The lowest BCUT2D eigenvalue weighted by molar-refractivity contribution is -0.137. The van der Waals surface area contributed by atoms with E-state index >= 15 is 0 Å². The second-order valence-electron chi connectivity index (χ2n) is 6.59. The molecular formula is C18H21F3N4O2. The predicted molar refractivity (Wildman–Crippen MR) is 96.2 cm³/mol. The van der Waals surface area contributed by atoms with Crippen molar-refractivity contribution in [2.24, 2.45) is 0 Å². The highest BCUT2D eigenvalue weighted by Crippen LogP contribution is 2.32. The highest BCUT2D eigenvalue weighted by atomic mass is 19.4. The quantitative estimate of drug-likeness (QED) is 0.597. The van der Waals surface area contributed by atoms with Crippen LogP contribution in [-0.4, -0.2) is 26.8 Å². The number of halogens is 3. The van der Waals surface area contributed by atoms with Crippen LogP contribution >= 0.6 is 0 Å². The summed E-state index contributed by atoms with van der Waals surface area (Å²) in [4.78, 5) is 18.8. The number of aromatic nitrogens is 2. The first kappa shape index (κ1) is 20.6. The first-order chi connectivity index (χ1) is 12.3. The molecule has 0 saturated carbocycles. The highest BCUT2D eigenvalue weighted by Gasteiger charge is 2.34. The Kier molecular flexibility index (Phi) is 5.46. The molecule has 0 radical (unpaired) electrons. The maximum absolute atomic E-state index is 12.7. The van der Waals surface area contributed by atoms with Gasteiger partial charge in [-0.15, -0.1) is 0 Å². The molecule has 6 nitrogen and oxygen atoms in total. The molecule has 0 aliphatic rings. The molecule has 1 aromatic carbocycles. The first-order valence-corrected chi connectivity index (χ1v) is 8.17. The Morgan fingerprint density at radius 3 is 2.26 bits per heavy atom. The number of benzene rings is 1. The first-order valence-electron chi connectivity index (χ1n) is 8.17. The second kappa shape index (κ2) is 7.15.